The third-order valence-corrected chi connectivity index (χ3v) is 6.17. The van der Waals surface area contributed by atoms with Crippen LogP contribution in [-0.2, 0) is 26.1 Å². The van der Waals surface area contributed by atoms with E-state index in [4.69, 9.17) is 4.18 Å². The summed E-state index contributed by atoms with van der Waals surface area (Å²) in [6.45, 7) is 4.34. The van der Waals surface area contributed by atoms with Gasteiger partial charge in [0.25, 0.3) is 17.2 Å². The van der Waals surface area contributed by atoms with Crippen molar-refractivity contribution in [3.8, 4) is 5.75 Å². The van der Waals surface area contributed by atoms with Crippen molar-refractivity contribution < 1.29 is 26.7 Å². The Bertz CT molecular complexity index is 991. The van der Waals surface area contributed by atoms with E-state index in [0.717, 1.165) is 31.7 Å². The van der Waals surface area contributed by atoms with Crippen LogP contribution in [0.1, 0.15) is 52.4 Å². The van der Waals surface area contributed by atoms with Crippen LogP contribution in [-0.4, -0.2) is 48.7 Å². The molecule has 178 valence electrons. The molecule has 9 nitrogen and oxygen atoms in total. The van der Waals surface area contributed by atoms with Crippen molar-refractivity contribution in [2.24, 2.45) is 4.40 Å². The molecule has 1 heterocycles. The number of amides is 1. The van der Waals surface area contributed by atoms with Crippen LogP contribution in [0, 0.1) is 0 Å². The van der Waals surface area contributed by atoms with Gasteiger partial charge in [-0.2, -0.15) is 8.61 Å². The van der Waals surface area contributed by atoms with Crippen LogP contribution in [0.3, 0.4) is 0 Å². The number of sulfonamides is 1. The molecule has 0 radical (unpaired) electrons. The Morgan fingerprint density at radius 2 is 1.94 bits per heavy atom. The average Bonchev–Trinajstić information content (AvgIpc) is 2.93. The summed E-state index contributed by atoms with van der Waals surface area (Å²) in [6, 6.07) is 5.68. The number of aliphatic hydroxyl groups excluding tert-OH is 1. The van der Waals surface area contributed by atoms with Gasteiger partial charge in [-0.3, -0.25) is 9.69 Å². The Morgan fingerprint density at radius 1 is 1.25 bits per heavy atom. The number of rotatable bonds is 13. The van der Waals surface area contributed by atoms with E-state index in [1.807, 2.05) is 0 Å². The molecule has 1 aromatic carbocycles. The maximum Gasteiger partial charge on any atom is 0.287 e. The molecule has 0 spiro atoms. The molecule has 0 aromatic heterocycles. The van der Waals surface area contributed by atoms with Crippen LogP contribution in [0.4, 0.5) is 5.69 Å². The van der Waals surface area contributed by atoms with Crippen LogP contribution in [0.25, 0.3) is 0 Å². The second-order valence-electron chi connectivity index (χ2n) is 7.60. The second kappa shape index (κ2) is 12.1. The quantitative estimate of drug-likeness (QED) is 0.327. The summed E-state index contributed by atoms with van der Waals surface area (Å²) in [5, 5.41) is 10.3. The van der Waals surface area contributed by atoms with Crippen molar-refractivity contribution >= 4 is 39.1 Å². The van der Waals surface area contributed by atoms with Crippen LogP contribution in [0.2, 0.25) is 0 Å². The summed E-state index contributed by atoms with van der Waals surface area (Å²) in [6.07, 6.45) is 8.51. The van der Waals surface area contributed by atoms with Gasteiger partial charge in [-0.15, -0.1) is 0 Å². The Hall–Kier alpha value is -2.24. The minimum Gasteiger partial charge on any atom is -0.509 e. The summed E-state index contributed by atoms with van der Waals surface area (Å²) < 4.78 is 46.2. The lowest BCUT2D eigenvalue weighted by Gasteiger charge is -2.22. The van der Waals surface area contributed by atoms with Gasteiger partial charge in [-0.1, -0.05) is 45.1 Å². The molecule has 0 fully saturated rings. The zero-order chi connectivity index (χ0) is 23.7. The van der Waals surface area contributed by atoms with Crippen molar-refractivity contribution in [3.63, 3.8) is 0 Å². The lowest BCUT2D eigenvalue weighted by atomic mass is 10.1. The van der Waals surface area contributed by atoms with E-state index >= 15 is 0 Å². The van der Waals surface area contributed by atoms with E-state index in [9.17, 15) is 22.5 Å². The van der Waals surface area contributed by atoms with Gasteiger partial charge in [0.1, 0.15) is 11.5 Å². The number of unbranched alkanes of at least 4 members (excludes halogenated alkanes) is 5. The minimum atomic E-state index is -3.70. The number of hydrogen-bond donors (Lipinski definition) is 2. The minimum absolute atomic E-state index is 0.196. The highest BCUT2D eigenvalue weighted by Crippen LogP contribution is 2.31. The van der Waals surface area contributed by atoms with Crippen molar-refractivity contribution in [2.45, 2.75) is 58.4 Å². The Balaban J connectivity index is 1.97. The maximum absolute atomic E-state index is 12.8. The Morgan fingerprint density at radius 3 is 2.62 bits per heavy atom. The predicted octanol–water partition coefficient (Wildman–Crippen LogP) is 3.17. The first kappa shape index (κ1) is 26.0. The summed E-state index contributed by atoms with van der Waals surface area (Å²) in [5.74, 6) is -0.589. The summed E-state index contributed by atoms with van der Waals surface area (Å²) in [4.78, 5) is 14.0. The lowest BCUT2D eigenvalue weighted by Crippen LogP contribution is -2.33. The lowest BCUT2D eigenvalue weighted by molar-refractivity contribution is -0.114. The molecule has 2 N–H and O–H groups in total. The molecule has 1 aromatic rings. The predicted molar refractivity (Wildman–Crippen MR) is 127 cm³/mol. The van der Waals surface area contributed by atoms with Crippen LogP contribution in [0.5, 0.6) is 5.75 Å². The molecule has 1 aliphatic heterocycles. The SMILES string of the molecule is CCCCCCCCNS(=O)Oc1cccc(N2C(=O)C(/C=N/S(C)(=O)=O)=C(O)C2C)c1. The highest BCUT2D eigenvalue weighted by Gasteiger charge is 2.37. The third kappa shape index (κ3) is 7.72. The molecule has 2 atom stereocenters. The zero-order valence-corrected chi connectivity index (χ0v) is 20.2. The molecule has 0 bridgehead atoms. The largest absolute Gasteiger partial charge is 0.509 e. The number of anilines is 1. The number of benzene rings is 1. The van der Waals surface area contributed by atoms with Gasteiger partial charge >= 0.3 is 0 Å². The Labute approximate surface area is 192 Å². The van der Waals surface area contributed by atoms with Crippen molar-refractivity contribution in [3.05, 3.63) is 35.6 Å². The fourth-order valence-corrected chi connectivity index (χ4v) is 4.18. The number of hydrogen-bond acceptors (Lipinski definition) is 6. The van der Waals surface area contributed by atoms with Crippen LogP contribution < -0.4 is 13.8 Å². The molecule has 0 saturated heterocycles. The third-order valence-electron chi connectivity index (χ3n) is 4.90. The standard InChI is InChI=1S/C21H31N3O6S2/c1-4-5-6-7-8-9-13-22-31(27)30-18-12-10-11-17(14-18)24-16(2)20(25)19(21(24)26)15-23-32(3,28)29/h10-12,14-16,22,25H,4-9,13H2,1-3H3/b23-15+. The zero-order valence-electron chi connectivity index (χ0n) is 18.6. The molecule has 11 heteroatoms. The molecule has 0 saturated carbocycles. The van der Waals surface area contributed by atoms with E-state index in [1.165, 1.54) is 30.2 Å². The van der Waals surface area contributed by atoms with Gasteiger partial charge in [-0.05, 0) is 25.5 Å². The summed E-state index contributed by atoms with van der Waals surface area (Å²) in [7, 11) is -3.70. The van der Waals surface area contributed by atoms with Crippen molar-refractivity contribution in [1.29, 1.82) is 0 Å². The first-order valence-corrected chi connectivity index (χ1v) is 13.5. The van der Waals surface area contributed by atoms with E-state index in [-0.39, 0.29) is 17.1 Å². The number of aliphatic hydroxyl groups is 1. The van der Waals surface area contributed by atoms with Crippen LogP contribution >= 0.6 is 0 Å². The highest BCUT2D eigenvalue weighted by atomic mass is 32.2. The van der Waals surface area contributed by atoms with Crippen LogP contribution in [0.15, 0.2) is 40.0 Å². The highest BCUT2D eigenvalue weighted by molar-refractivity contribution is 7.89. The van der Waals surface area contributed by atoms with E-state index in [2.05, 4.69) is 16.0 Å². The summed E-state index contributed by atoms with van der Waals surface area (Å²) in [5.41, 5.74) is 0.209. The molecule has 2 rings (SSSR count). The number of carbonyl (C=O) groups is 1. The van der Waals surface area contributed by atoms with E-state index in [0.29, 0.717) is 12.2 Å². The van der Waals surface area contributed by atoms with Gasteiger partial charge in [0.15, 0.2) is 0 Å². The fraction of sp³-hybridized carbons (Fsp3) is 0.524. The summed E-state index contributed by atoms with van der Waals surface area (Å²) >= 11 is -1.74. The van der Waals surface area contributed by atoms with Gasteiger partial charge in [-0.25, -0.2) is 13.1 Å². The van der Waals surface area contributed by atoms with Gasteiger partial charge in [0.05, 0.1) is 24.1 Å². The monoisotopic (exact) mass is 485 g/mol. The molecule has 1 amide bonds. The molecule has 1 aliphatic rings. The topological polar surface area (TPSA) is 125 Å². The molecule has 2 unspecified atom stereocenters. The first-order valence-electron chi connectivity index (χ1n) is 10.6. The number of nitrogens with one attached hydrogen (secondary N) is 1. The average molecular weight is 486 g/mol. The van der Waals surface area contributed by atoms with Gasteiger partial charge in [0.2, 0.25) is 10.0 Å². The fourth-order valence-electron chi connectivity index (χ4n) is 3.24. The smallest absolute Gasteiger partial charge is 0.287 e. The van der Waals surface area contributed by atoms with Gasteiger partial charge in [0, 0.05) is 18.3 Å². The first-order chi connectivity index (χ1) is 15.1. The molecule has 32 heavy (non-hydrogen) atoms. The second-order valence-corrected chi connectivity index (χ2v) is 10.2. The van der Waals surface area contributed by atoms with Crippen molar-refractivity contribution in [2.75, 3.05) is 17.7 Å². The molecule has 0 aliphatic carbocycles. The van der Waals surface area contributed by atoms with E-state index < -0.39 is 33.2 Å². The van der Waals surface area contributed by atoms with Gasteiger partial charge < -0.3 is 9.29 Å². The molecular formula is C21H31N3O6S2. The van der Waals surface area contributed by atoms with Crippen molar-refractivity contribution in [1.82, 2.24) is 4.72 Å². The van der Waals surface area contributed by atoms with E-state index in [1.54, 1.807) is 25.1 Å². The molecular weight excluding hydrogens is 454 g/mol. The Kier molecular flexibility index (Phi) is 9.85. The number of carbonyl (C=O) groups excluding carboxylic acids is 1. The normalized spacial score (nSPS) is 18.0. The number of nitrogens with zero attached hydrogens (tertiary/aromatic N) is 2. The maximum atomic E-state index is 12.8.